The van der Waals surface area contributed by atoms with Crippen molar-refractivity contribution >= 4 is 44.2 Å². The second kappa shape index (κ2) is 5.22. The Labute approximate surface area is 120 Å². The molecule has 0 unspecified atom stereocenters. The number of hydrogen-bond acceptors (Lipinski definition) is 2. The zero-order valence-corrected chi connectivity index (χ0v) is 12.3. The van der Waals surface area contributed by atoms with Gasteiger partial charge in [0.25, 0.3) is 0 Å². The number of ether oxygens (including phenoxy) is 1. The van der Waals surface area contributed by atoms with E-state index in [1.54, 1.807) is 24.3 Å². The van der Waals surface area contributed by atoms with Gasteiger partial charge in [0.15, 0.2) is 0 Å². The number of rotatable bonds is 2. The van der Waals surface area contributed by atoms with Gasteiger partial charge in [0.2, 0.25) is 0 Å². The topological polar surface area (TPSA) is 35.2 Å². The first-order chi connectivity index (χ1) is 8.04. The van der Waals surface area contributed by atoms with Gasteiger partial charge in [-0.05, 0) is 52.9 Å². The smallest absolute Gasteiger partial charge is 0.140 e. The molecule has 88 valence electrons. The maximum absolute atomic E-state index is 13.2. The van der Waals surface area contributed by atoms with Gasteiger partial charge in [-0.1, -0.05) is 15.9 Å². The van der Waals surface area contributed by atoms with E-state index < -0.39 is 0 Å². The van der Waals surface area contributed by atoms with Crippen LogP contribution < -0.4 is 10.5 Å². The van der Waals surface area contributed by atoms with Crippen LogP contribution in [-0.4, -0.2) is 0 Å². The Morgan fingerprint density at radius 2 is 1.94 bits per heavy atom. The van der Waals surface area contributed by atoms with Crippen LogP contribution in [0.2, 0.25) is 0 Å². The minimum atomic E-state index is -0.347. The highest BCUT2D eigenvalue weighted by Crippen LogP contribution is 2.30. The molecule has 2 N–H and O–H groups in total. The lowest BCUT2D eigenvalue weighted by Gasteiger charge is -2.08. The molecule has 17 heavy (non-hydrogen) atoms. The fourth-order valence-corrected chi connectivity index (χ4v) is 2.41. The molecule has 2 aromatic rings. The van der Waals surface area contributed by atoms with Gasteiger partial charge in [0, 0.05) is 16.2 Å². The molecule has 0 aliphatic carbocycles. The number of hydrogen-bond donors (Lipinski definition) is 1. The van der Waals surface area contributed by atoms with E-state index in [0.717, 1.165) is 3.57 Å². The average Bonchev–Trinajstić information content (AvgIpc) is 2.21. The SMILES string of the molecule is Nc1ccc(Oc2cc(F)cc(Br)c2)c(I)c1. The number of halogens is 3. The molecule has 0 fully saturated rings. The molecule has 0 saturated heterocycles. The maximum Gasteiger partial charge on any atom is 0.140 e. The summed E-state index contributed by atoms with van der Waals surface area (Å²) in [6.45, 7) is 0. The summed E-state index contributed by atoms with van der Waals surface area (Å²) < 4.78 is 20.3. The van der Waals surface area contributed by atoms with E-state index in [9.17, 15) is 4.39 Å². The number of nitrogen functional groups attached to an aromatic ring is 1. The Morgan fingerprint density at radius 3 is 2.59 bits per heavy atom. The highest BCUT2D eigenvalue weighted by molar-refractivity contribution is 14.1. The Bertz CT molecular complexity index is 542. The first-order valence-corrected chi connectivity index (χ1v) is 6.61. The quantitative estimate of drug-likeness (QED) is 0.584. The standard InChI is InChI=1S/C12H8BrFINO/c13-7-3-8(14)5-10(4-7)17-12-2-1-9(16)6-11(12)15/h1-6H,16H2. The third-order valence-electron chi connectivity index (χ3n) is 2.02. The van der Waals surface area contributed by atoms with Crippen LogP contribution in [0.5, 0.6) is 11.5 Å². The summed E-state index contributed by atoms with van der Waals surface area (Å²) in [6, 6.07) is 9.71. The van der Waals surface area contributed by atoms with Crippen molar-refractivity contribution in [1.29, 1.82) is 0 Å². The summed E-state index contributed by atoms with van der Waals surface area (Å²) in [5, 5.41) is 0. The summed E-state index contributed by atoms with van der Waals surface area (Å²) >= 11 is 5.33. The molecule has 0 saturated carbocycles. The zero-order valence-electron chi connectivity index (χ0n) is 8.58. The highest BCUT2D eigenvalue weighted by Gasteiger charge is 2.05. The molecule has 0 spiro atoms. The molecule has 0 aliphatic heterocycles. The van der Waals surface area contributed by atoms with Crippen molar-refractivity contribution in [1.82, 2.24) is 0 Å². The van der Waals surface area contributed by atoms with E-state index >= 15 is 0 Å². The van der Waals surface area contributed by atoms with Crippen LogP contribution >= 0.6 is 38.5 Å². The number of benzene rings is 2. The molecule has 0 bridgehead atoms. The van der Waals surface area contributed by atoms with Crippen molar-refractivity contribution in [2.75, 3.05) is 5.73 Å². The zero-order chi connectivity index (χ0) is 12.4. The van der Waals surface area contributed by atoms with Crippen molar-refractivity contribution in [3.8, 4) is 11.5 Å². The van der Waals surface area contributed by atoms with Gasteiger partial charge in [0.1, 0.15) is 17.3 Å². The lowest BCUT2D eigenvalue weighted by atomic mass is 10.3. The molecule has 5 heteroatoms. The lowest BCUT2D eigenvalue weighted by Crippen LogP contribution is -1.91. The summed E-state index contributed by atoms with van der Waals surface area (Å²) in [5.41, 5.74) is 6.31. The fourth-order valence-electron chi connectivity index (χ4n) is 1.31. The molecule has 0 heterocycles. The molecule has 2 rings (SSSR count). The van der Waals surface area contributed by atoms with Crippen molar-refractivity contribution in [2.45, 2.75) is 0 Å². The van der Waals surface area contributed by atoms with Gasteiger partial charge in [-0.15, -0.1) is 0 Å². The van der Waals surface area contributed by atoms with E-state index in [2.05, 4.69) is 38.5 Å². The molecule has 0 amide bonds. The van der Waals surface area contributed by atoms with E-state index in [4.69, 9.17) is 10.5 Å². The predicted molar refractivity (Wildman–Crippen MR) is 77.7 cm³/mol. The van der Waals surface area contributed by atoms with E-state index in [1.165, 1.54) is 12.1 Å². The van der Waals surface area contributed by atoms with Crippen LogP contribution in [0.3, 0.4) is 0 Å². The van der Waals surface area contributed by atoms with Crippen molar-refractivity contribution < 1.29 is 9.13 Å². The first-order valence-electron chi connectivity index (χ1n) is 4.73. The van der Waals surface area contributed by atoms with Crippen LogP contribution in [0.25, 0.3) is 0 Å². The third kappa shape index (κ3) is 3.32. The highest BCUT2D eigenvalue weighted by atomic mass is 127. The van der Waals surface area contributed by atoms with E-state index in [1.807, 2.05) is 0 Å². The number of nitrogens with two attached hydrogens (primary N) is 1. The summed E-state index contributed by atoms with van der Waals surface area (Å²) in [6.07, 6.45) is 0. The molecular formula is C12H8BrFINO. The normalized spacial score (nSPS) is 10.3. The molecule has 2 aromatic carbocycles. The van der Waals surface area contributed by atoms with E-state index in [0.29, 0.717) is 21.7 Å². The van der Waals surface area contributed by atoms with Gasteiger partial charge in [-0.3, -0.25) is 0 Å². The van der Waals surface area contributed by atoms with Crippen molar-refractivity contribution in [3.05, 3.63) is 50.3 Å². The third-order valence-corrected chi connectivity index (χ3v) is 3.32. The van der Waals surface area contributed by atoms with Crippen LogP contribution in [-0.2, 0) is 0 Å². The second-order valence-corrected chi connectivity index (χ2v) is 5.47. The fraction of sp³-hybridized carbons (Fsp3) is 0. The second-order valence-electron chi connectivity index (χ2n) is 3.40. The van der Waals surface area contributed by atoms with E-state index in [-0.39, 0.29) is 5.82 Å². The average molecular weight is 408 g/mol. The lowest BCUT2D eigenvalue weighted by molar-refractivity contribution is 0.473. The van der Waals surface area contributed by atoms with Gasteiger partial charge in [-0.2, -0.15) is 0 Å². The van der Waals surface area contributed by atoms with Gasteiger partial charge in [0.05, 0.1) is 3.57 Å². The summed E-state index contributed by atoms with van der Waals surface area (Å²) in [7, 11) is 0. The Kier molecular flexibility index (Phi) is 3.88. The Morgan fingerprint density at radius 1 is 1.18 bits per heavy atom. The monoisotopic (exact) mass is 407 g/mol. The van der Waals surface area contributed by atoms with Gasteiger partial charge in [-0.25, -0.2) is 4.39 Å². The van der Waals surface area contributed by atoms with Crippen molar-refractivity contribution in [3.63, 3.8) is 0 Å². The molecule has 0 aromatic heterocycles. The summed E-state index contributed by atoms with van der Waals surface area (Å²) in [4.78, 5) is 0. The predicted octanol–water partition coefficient (Wildman–Crippen LogP) is 4.57. The van der Waals surface area contributed by atoms with Gasteiger partial charge >= 0.3 is 0 Å². The van der Waals surface area contributed by atoms with Gasteiger partial charge < -0.3 is 10.5 Å². The minimum absolute atomic E-state index is 0.347. The van der Waals surface area contributed by atoms with Crippen LogP contribution in [0.15, 0.2) is 40.9 Å². The maximum atomic E-state index is 13.2. The molecule has 2 nitrogen and oxygen atoms in total. The molecule has 0 atom stereocenters. The molecular weight excluding hydrogens is 400 g/mol. The van der Waals surface area contributed by atoms with Crippen molar-refractivity contribution in [2.24, 2.45) is 0 Å². The molecule has 0 radical (unpaired) electrons. The van der Waals surface area contributed by atoms with Crippen LogP contribution in [0.4, 0.5) is 10.1 Å². The summed E-state index contributed by atoms with van der Waals surface area (Å²) in [5.74, 6) is 0.747. The Balaban J connectivity index is 2.31. The first kappa shape index (κ1) is 12.6. The Hall–Kier alpha value is -0.820. The van der Waals surface area contributed by atoms with Crippen LogP contribution in [0, 0.1) is 9.39 Å². The molecule has 0 aliphatic rings. The largest absolute Gasteiger partial charge is 0.456 e. The number of anilines is 1. The minimum Gasteiger partial charge on any atom is -0.456 e. The van der Waals surface area contributed by atoms with Crippen LogP contribution in [0.1, 0.15) is 0 Å².